The zero-order valence-corrected chi connectivity index (χ0v) is 6.60. The van der Waals surface area contributed by atoms with Crippen molar-refractivity contribution in [3.8, 4) is 5.75 Å². The molecule has 3 N–H and O–H groups in total. The van der Waals surface area contributed by atoms with Crippen LogP contribution in [-0.2, 0) is 0 Å². The van der Waals surface area contributed by atoms with Crippen LogP contribution in [0.1, 0.15) is 5.56 Å². The first kappa shape index (κ1) is 7.95. The quantitative estimate of drug-likeness (QED) is 0.501. The highest BCUT2D eigenvalue weighted by Gasteiger charge is 2.01. The molecule has 0 aliphatic carbocycles. The van der Waals surface area contributed by atoms with Gasteiger partial charge in [0.25, 0.3) is 0 Å². The highest BCUT2D eigenvalue weighted by Crippen LogP contribution is 2.28. The van der Waals surface area contributed by atoms with Gasteiger partial charge in [-0.2, -0.15) is 0 Å². The van der Waals surface area contributed by atoms with Crippen LogP contribution in [0.5, 0.6) is 5.75 Å². The van der Waals surface area contributed by atoms with Crippen LogP contribution in [-0.4, -0.2) is 5.11 Å². The van der Waals surface area contributed by atoms with E-state index in [1.54, 1.807) is 6.08 Å². The fraction of sp³-hybridized carbons (Fsp3) is 0. The average molecular weight is 170 g/mol. The summed E-state index contributed by atoms with van der Waals surface area (Å²) in [6.07, 6.45) is 1.56. The fourth-order valence-corrected chi connectivity index (χ4v) is 0.999. The Morgan fingerprint density at radius 1 is 1.55 bits per heavy atom. The number of anilines is 1. The van der Waals surface area contributed by atoms with Gasteiger partial charge < -0.3 is 10.8 Å². The van der Waals surface area contributed by atoms with Crippen molar-refractivity contribution < 1.29 is 5.11 Å². The Balaban J connectivity index is 3.31. The van der Waals surface area contributed by atoms with E-state index in [0.29, 0.717) is 10.6 Å². The van der Waals surface area contributed by atoms with E-state index < -0.39 is 0 Å². The predicted octanol–water partition coefficient (Wildman–Crippen LogP) is 2.27. The van der Waals surface area contributed by atoms with E-state index >= 15 is 0 Å². The molecule has 1 aromatic rings. The highest BCUT2D eigenvalue weighted by atomic mass is 35.5. The standard InChI is InChI=1S/C8H8ClNO/c1-2-5-3-8(11)7(10)4-6(5)9/h2-4,11H,1,10H2. The summed E-state index contributed by atoms with van der Waals surface area (Å²) in [6, 6.07) is 2.97. The van der Waals surface area contributed by atoms with Gasteiger partial charge in [-0.25, -0.2) is 0 Å². The monoisotopic (exact) mass is 169 g/mol. The Labute approximate surface area is 69.9 Å². The molecule has 0 aromatic heterocycles. The Bertz CT molecular complexity index is 296. The molecule has 1 rings (SSSR count). The van der Waals surface area contributed by atoms with Crippen molar-refractivity contribution in [1.29, 1.82) is 0 Å². The van der Waals surface area contributed by atoms with Gasteiger partial charge in [-0.15, -0.1) is 0 Å². The van der Waals surface area contributed by atoms with E-state index in [-0.39, 0.29) is 11.4 Å². The Morgan fingerprint density at radius 2 is 2.18 bits per heavy atom. The molecule has 0 aliphatic rings. The van der Waals surface area contributed by atoms with Gasteiger partial charge in [-0.3, -0.25) is 0 Å². The average Bonchev–Trinajstić information content (AvgIpc) is 1.97. The number of hydrogen-bond acceptors (Lipinski definition) is 2. The molecule has 0 saturated carbocycles. The third-order valence-electron chi connectivity index (χ3n) is 1.37. The zero-order chi connectivity index (χ0) is 8.43. The van der Waals surface area contributed by atoms with Crippen molar-refractivity contribution in [1.82, 2.24) is 0 Å². The van der Waals surface area contributed by atoms with E-state index in [9.17, 15) is 0 Å². The largest absolute Gasteiger partial charge is 0.506 e. The number of rotatable bonds is 1. The molecule has 0 unspecified atom stereocenters. The third kappa shape index (κ3) is 1.46. The van der Waals surface area contributed by atoms with E-state index in [0.717, 1.165) is 0 Å². The molecule has 1 aromatic carbocycles. The number of benzene rings is 1. The zero-order valence-electron chi connectivity index (χ0n) is 5.84. The smallest absolute Gasteiger partial charge is 0.139 e. The maximum Gasteiger partial charge on any atom is 0.139 e. The second-order valence-corrected chi connectivity index (χ2v) is 2.54. The molecule has 3 heteroatoms. The number of halogens is 1. The highest BCUT2D eigenvalue weighted by molar-refractivity contribution is 6.32. The predicted molar refractivity (Wildman–Crippen MR) is 47.6 cm³/mol. The Morgan fingerprint density at radius 3 is 2.73 bits per heavy atom. The van der Waals surface area contributed by atoms with E-state index in [2.05, 4.69) is 6.58 Å². The summed E-state index contributed by atoms with van der Waals surface area (Å²) in [7, 11) is 0. The number of phenols is 1. The lowest BCUT2D eigenvalue weighted by Gasteiger charge is -2.01. The van der Waals surface area contributed by atoms with Gasteiger partial charge in [-0.1, -0.05) is 24.3 Å². The van der Waals surface area contributed by atoms with Crippen LogP contribution < -0.4 is 5.73 Å². The first-order chi connectivity index (χ1) is 5.15. The molecule has 0 atom stereocenters. The number of phenolic OH excluding ortho intramolecular Hbond substituents is 1. The van der Waals surface area contributed by atoms with Crippen molar-refractivity contribution in [3.63, 3.8) is 0 Å². The van der Waals surface area contributed by atoms with Gasteiger partial charge in [-0.05, 0) is 17.7 Å². The molecule has 11 heavy (non-hydrogen) atoms. The van der Waals surface area contributed by atoms with Gasteiger partial charge in [0.2, 0.25) is 0 Å². The lowest BCUT2D eigenvalue weighted by molar-refractivity contribution is 0.478. The van der Waals surface area contributed by atoms with Gasteiger partial charge in [0.05, 0.1) is 10.7 Å². The molecule has 0 radical (unpaired) electrons. The maximum absolute atomic E-state index is 9.12. The van der Waals surface area contributed by atoms with Crippen molar-refractivity contribution in [2.24, 2.45) is 0 Å². The first-order valence-electron chi connectivity index (χ1n) is 3.05. The number of aromatic hydroxyl groups is 1. The van der Waals surface area contributed by atoms with E-state index in [1.165, 1.54) is 12.1 Å². The molecule has 0 saturated heterocycles. The van der Waals surface area contributed by atoms with Crippen LogP contribution in [0, 0.1) is 0 Å². The van der Waals surface area contributed by atoms with Gasteiger partial charge in [0, 0.05) is 0 Å². The van der Waals surface area contributed by atoms with Crippen LogP contribution in [0.15, 0.2) is 18.7 Å². The minimum Gasteiger partial charge on any atom is -0.506 e. The number of nitrogens with two attached hydrogens (primary N) is 1. The fourth-order valence-electron chi connectivity index (χ4n) is 0.750. The minimum absolute atomic E-state index is 0.0318. The molecule has 0 bridgehead atoms. The van der Waals surface area contributed by atoms with E-state index in [4.69, 9.17) is 22.4 Å². The van der Waals surface area contributed by atoms with Gasteiger partial charge in [0.1, 0.15) is 5.75 Å². The summed E-state index contributed by atoms with van der Waals surface area (Å²) in [5.74, 6) is 0.0318. The first-order valence-corrected chi connectivity index (χ1v) is 3.43. The topological polar surface area (TPSA) is 46.2 Å². The molecular formula is C8H8ClNO. The van der Waals surface area contributed by atoms with Crippen LogP contribution in [0.2, 0.25) is 5.02 Å². The molecule has 0 fully saturated rings. The van der Waals surface area contributed by atoms with Crippen LogP contribution in [0.25, 0.3) is 6.08 Å². The lowest BCUT2D eigenvalue weighted by Crippen LogP contribution is -1.86. The summed E-state index contributed by atoms with van der Waals surface area (Å²) in [5, 5.41) is 9.62. The van der Waals surface area contributed by atoms with Gasteiger partial charge in [0.15, 0.2) is 0 Å². The molecule has 0 amide bonds. The minimum atomic E-state index is 0.0318. The molecule has 0 aliphatic heterocycles. The summed E-state index contributed by atoms with van der Waals surface area (Å²) >= 11 is 5.74. The van der Waals surface area contributed by atoms with Crippen molar-refractivity contribution in [2.45, 2.75) is 0 Å². The Hall–Kier alpha value is -1.15. The second-order valence-electron chi connectivity index (χ2n) is 2.14. The summed E-state index contributed by atoms with van der Waals surface area (Å²) < 4.78 is 0. The molecule has 58 valence electrons. The summed E-state index contributed by atoms with van der Waals surface area (Å²) in [4.78, 5) is 0. The van der Waals surface area contributed by atoms with Gasteiger partial charge >= 0.3 is 0 Å². The van der Waals surface area contributed by atoms with E-state index in [1.807, 2.05) is 0 Å². The molecular weight excluding hydrogens is 162 g/mol. The Kier molecular flexibility index (Phi) is 2.06. The van der Waals surface area contributed by atoms with Crippen LogP contribution in [0.4, 0.5) is 5.69 Å². The van der Waals surface area contributed by atoms with Crippen LogP contribution >= 0.6 is 11.6 Å². The summed E-state index contributed by atoms with van der Waals surface area (Å²) in [6.45, 7) is 3.53. The van der Waals surface area contributed by atoms with Crippen LogP contribution in [0.3, 0.4) is 0 Å². The normalized spacial score (nSPS) is 9.55. The molecule has 2 nitrogen and oxygen atoms in total. The van der Waals surface area contributed by atoms with Crippen molar-refractivity contribution in [2.75, 3.05) is 5.73 Å². The molecule has 0 heterocycles. The van der Waals surface area contributed by atoms with Crippen molar-refractivity contribution in [3.05, 3.63) is 29.3 Å². The van der Waals surface area contributed by atoms with Crippen molar-refractivity contribution >= 4 is 23.4 Å². The second kappa shape index (κ2) is 2.84. The summed E-state index contributed by atoms with van der Waals surface area (Å²) in [5.41, 5.74) is 6.33. The third-order valence-corrected chi connectivity index (χ3v) is 1.69. The molecule has 0 spiro atoms. The lowest BCUT2D eigenvalue weighted by atomic mass is 10.2. The SMILES string of the molecule is C=Cc1cc(O)c(N)cc1Cl. The number of hydrogen-bond donors (Lipinski definition) is 2. The number of nitrogen functional groups attached to an aromatic ring is 1. The maximum atomic E-state index is 9.12.